The van der Waals surface area contributed by atoms with E-state index in [4.69, 9.17) is 0 Å². The van der Waals surface area contributed by atoms with Gasteiger partial charge in [0, 0.05) is 29.7 Å². The Labute approximate surface area is 181 Å². The molecular formula is C22H20F2N6O2. The minimum atomic E-state index is -0.872. The first kappa shape index (κ1) is 21.3. The zero-order chi connectivity index (χ0) is 23.3. The molecule has 0 aliphatic rings. The number of hydrogen-bond acceptors (Lipinski definition) is 6. The Bertz CT molecular complexity index is 1440. The lowest BCUT2D eigenvalue weighted by molar-refractivity contribution is 0.467. The highest BCUT2D eigenvalue weighted by atomic mass is 19.1. The standard InChI is InChI=1S/C22H20F2N6O2/c1-10-9-26-19(18(24)20(10)29-11(2)8-16(31)12(3)22(29)32)15-6-7-25-21(17(15)23)30-14(5)27-13(4)28-30/h6-9,31H,1-5H3. The third kappa shape index (κ3) is 3.24. The molecule has 32 heavy (non-hydrogen) atoms. The molecule has 0 saturated heterocycles. The zero-order valence-electron chi connectivity index (χ0n) is 18.1. The molecule has 0 radical (unpaired) electrons. The number of rotatable bonds is 3. The molecule has 10 heteroatoms. The predicted octanol–water partition coefficient (Wildman–Crippen LogP) is 3.40. The van der Waals surface area contributed by atoms with Crippen LogP contribution in [0.2, 0.25) is 0 Å². The van der Waals surface area contributed by atoms with Gasteiger partial charge in [-0.1, -0.05) is 0 Å². The van der Waals surface area contributed by atoms with Crippen molar-refractivity contribution in [3.63, 3.8) is 0 Å². The van der Waals surface area contributed by atoms with Gasteiger partial charge in [0.25, 0.3) is 5.56 Å². The van der Waals surface area contributed by atoms with Crippen LogP contribution in [0.4, 0.5) is 8.78 Å². The van der Waals surface area contributed by atoms with Crippen LogP contribution in [0.5, 0.6) is 5.75 Å². The fraction of sp³-hybridized carbons (Fsp3) is 0.227. The highest BCUT2D eigenvalue weighted by Crippen LogP contribution is 2.31. The molecule has 4 rings (SSSR count). The van der Waals surface area contributed by atoms with Crippen molar-refractivity contribution in [3.05, 3.63) is 75.0 Å². The number of nitrogens with zero attached hydrogens (tertiary/aromatic N) is 6. The van der Waals surface area contributed by atoms with Gasteiger partial charge in [-0.2, -0.15) is 4.68 Å². The summed E-state index contributed by atoms with van der Waals surface area (Å²) in [6, 6.07) is 2.68. The molecular weight excluding hydrogens is 418 g/mol. The van der Waals surface area contributed by atoms with Crippen LogP contribution in [-0.2, 0) is 0 Å². The van der Waals surface area contributed by atoms with Crippen molar-refractivity contribution in [2.75, 3.05) is 0 Å². The maximum Gasteiger partial charge on any atom is 0.262 e. The van der Waals surface area contributed by atoms with E-state index in [9.17, 15) is 9.90 Å². The van der Waals surface area contributed by atoms with Gasteiger partial charge in [0.2, 0.25) is 0 Å². The van der Waals surface area contributed by atoms with Crippen molar-refractivity contribution in [2.24, 2.45) is 0 Å². The second kappa shape index (κ2) is 7.63. The summed E-state index contributed by atoms with van der Waals surface area (Å²) in [5.74, 6) is -1.16. The van der Waals surface area contributed by atoms with Crippen molar-refractivity contribution in [2.45, 2.75) is 34.6 Å². The lowest BCUT2D eigenvalue weighted by Crippen LogP contribution is -2.24. The first-order chi connectivity index (χ1) is 15.1. The summed E-state index contributed by atoms with van der Waals surface area (Å²) in [6.45, 7) is 7.93. The summed E-state index contributed by atoms with van der Waals surface area (Å²) >= 11 is 0. The number of pyridine rings is 3. The Kier molecular flexibility index (Phi) is 5.08. The molecule has 4 aromatic heterocycles. The lowest BCUT2D eigenvalue weighted by Gasteiger charge is -2.17. The van der Waals surface area contributed by atoms with Crippen LogP contribution in [0, 0.1) is 46.3 Å². The van der Waals surface area contributed by atoms with Gasteiger partial charge in [0.1, 0.15) is 23.1 Å². The number of aryl methyl sites for hydroxylation is 4. The monoisotopic (exact) mass is 438 g/mol. The van der Waals surface area contributed by atoms with Gasteiger partial charge in [-0.25, -0.2) is 18.7 Å². The normalized spacial score (nSPS) is 11.2. The quantitative estimate of drug-likeness (QED) is 0.526. The van der Waals surface area contributed by atoms with E-state index in [2.05, 4.69) is 20.1 Å². The second-order valence-corrected chi connectivity index (χ2v) is 7.50. The summed E-state index contributed by atoms with van der Waals surface area (Å²) in [5.41, 5.74) is -0.291. The maximum atomic E-state index is 15.8. The summed E-state index contributed by atoms with van der Waals surface area (Å²) in [5, 5.41) is 14.1. The molecule has 0 spiro atoms. The summed E-state index contributed by atoms with van der Waals surface area (Å²) in [4.78, 5) is 25.1. The number of hydrogen-bond donors (Lipinski definition) is 1. The Morgan fingerprint density at radius 2 is 1.75 bits per heavy atom. The van der Waals surface area contributed by atoms with E-state index < -0.39 is 17.2 Å². The van der Waals surface area contributed by atoms with Crippen LogP contribution in [0.1, 0.15) is 28.5 Å². The van der Waals surface area contributed by atoms with E-state index in [0.29, 0.717) is 22.9 Å². The first-order valence-corrected chi connectivity index (χ1v) is 9.75. The van der Waals surface area contributed by atoms with Crippen molar-refractivity contribution >= 4 is 0 Å². The van der Waals surface area contributed by atoms with Crippen LogP contribution in [-0.4, -0.2) is 34.4 Å². The van der Waals surface area contributed by atoms with Gasteiger partial charge < -0.3 is 5.11 Å². The Hall–Kier alpha value is -3.95. The van der Waals surface area contributed by atoms with Crippen LogP contribution < -0.4 is 5.56 Å². The molecule has 8 nitrogen and oxygen atoms in total. The van der Waals surface area contributed by atoms with Gasteiger partial charge in [-0.15, -0.1) is 5.10 Å². The zero-order valence-corrected chi connectivity index (χ0v) is 18.1. The van der Waals surface area contributed by atoms with E-state index >= 15 is 8.78 Å². The summed E-state index contributed by atoms with van der Waals surface area (Å²) < 4.78 is 33.6. The van der Waals surface area contributed by atoms with Crippen LogP contribution in [0.15, 0.2) is 29.3 Å². The molecule has 0 saturated carbocycles. The molecule has 0 fully saturated rings. The minimum Gasteiger partial charge on any atom is -0.507 e. The molecule has 0 aliphatic carbocycles. The van der Waals surface area contributed by atoms with Gasteiger partial charge >= 0.3 is 0 Å². The molecule has 0 aromatic carbocycles. The Balaban J connectivity index is 1.98. The fourth-order valence-corrected chi connectivity index (χ4v) is 3.60. The third-order valence-electron chi connectivity index (χ3n) is 5.21. The molecule has 0 bridgehead atoms. The topological polar surface area (TPSA) is 98.7 Å². The molecule has 0 amide bonds. The van der Waals surface area contributed by atoms with Crippen molar-refractivity contribution in [3.8, 4) is 28.5 Å². The molecule has 0 atom stereocenters. The average Bonchev–Trinajstić information content (AvgIpc) is 3.07. The Morgan fingerprint density at radius 3 is 2.41 bits per heavy atom. The Morgan fingerprint density at radius 1 is 1.03 bits per heavy atom. The second-order valence-electron chi connectivity index (χ2n) is 7.50. The van der Waals surface area contributed by atoms with Crippen LogP contribution in [0.3, 0.4) is 0 Å². The van der Waals surface area contributed by atoms with E-state index in [-0.39, 0.29) is 34.1 Å². The summed E-state index contributed by atoms with van der Waals surface area (Å²) in [6.07, 6.45) is 2.69. The van der Waals surface area contributed by atoms with Gasteiger partial charge in [0.05, 0.1) is 11.3 Å². The molecule has 4 heterocycles. The van der Waals surface area contributed by atoms with E-state index in [1.165, 1.54) is 36.1 Å². The summed E-state index contributed by atoms with van der Waals surface area (Å²) in [7, 11) is 0. The van der Waals surface area contributed by atoms with Gasteiger partial charge in [-0.3, -0.25) is 14.3 Å². The van der Waals surface area contributed by atoms with Crippen molar-refractivity contribution in [1.82, 2.24) is 29.3 Å². The van der Waals surface area contributed by atoms with Crippen molar-refractivity contribution < 1.29 is 13.9 Å². The number of aromatic nitrogens is 6. The smallest absolute Gasteiger partial charge is 0.262 e. The van der Waals surface area contributed by atoms with E-state index in [1.54, 1.807) is 27.7 Å². The maximum absolute atomic E-state index is 15.8. The number of aromatic hydroxyl groups is 1. The largest absolute Gasteiger partial charge is 0.507 e. The third-order valence-corrected chi connectivity index (χ3v) is 5.21. The average molecular weight is 438 g/mol. The lowest BCUT2D eigenvalue weighted by atomic mass is 10.1. The van der Waals surface area contributed by atoms with E-state index in [1.807, 2.05) is 0 Å². The van der Waals surface area contributed by atoms with Crippen molar-refractivity contribution in [1.29, 1.82) is 0 Å². The minimum absolute atomic E-state index is 0.0638. The highest BCUT2D eigenvalue weighted by molar-refractivity contribution is 5.66. The number of halogens is 2. The predicted molar refractivity (Wildman–Crippen MR) is 113 cm³/mol. The fourth-order valence-electron chi connectivity index (χ4n) is 3.60. The van der Waals surface area contributed by atoms with Crippen LogP contribution in [0.25, 0.3) is 22.8 Å². The van der Waals surface area contributed by atoms with Gasteiger partial charge in [0.15, 0.2) is 17.5 Å². The van der Waals surface area contributed by atoms with E-state index in [0.717, 1.165) is 4.57 Å². The SMILES string of the molecule is Cc1nc(C)n(-c2nccc(-c3ncc(C)c(-n4c(C)cc(O)c(C)c4=O)c3F)c2F)n1. The van der Waals surface area contributed by atoms with Crippen LogP contribution >= 0.6 is 0 Å². The molecule has 0 aliphatic heterocycles. The molecule has 164 valence electrons. The molecule has 0 unspecified atom stereocenters. The van der Waals surface area contributed by atoms with Gasteiger partial charge in [-0.05, 0) is 46.2 Å². The highest BCUT2D eigenvalue weighted by Gasteiger charge is 2.24. The molecule has 1 N–H and O–H groups in total. The first-order valence-electron chi connectivity index (χ1n) is 9.75. The molecule has 4 aromatic rings.